The molecule has 3 heteroatoms. The van der Waals surface area contributed by atoms with Crippen LogP contribution in [0.2, 0.25) is 0 Å². The summed E-state index contributed by atoms with van der Waals surface area (Å²) in [7, 11) is 4.29. The first-order valence-electron chi connectivity index (χ1n) is 4.07. The minimum absolute atomic E-state index is 0. The topological polar surface area (TPSA) is 17.3 Å². The van der Waals surface area contributed by atoms with Crippen molar-refractivity contribution in [1.82, 2.24) is 4.90 Å². The normalized spacial score (nSPS) is 19.9. The van der Waals surface area contributed by atoms with Gasteiger partial charge in [-0.05, 0) is 20.0 Å². The summed E-state index contributed by atoms with van der Waals surface area (Å²) >= 11 is 0. The zero-order valence-electron chi connectivity index (χ0n) is 7.58. The first kappa shape index (κ1) is 12.0. The van der Waals surface area contributed by atoms with E-state index in [4.69, 9.17) is 0 Å². The molecule has 63 valence electrons. The van der Waals surface area contributed by atoms with Gasteiger partial charge in [-0.25, -0.2) is 0 Å². The number of hydrogen-bond acceptors (Lipinski definition) is 1. The molecule has 0 unspecified atom stereocenters. The second-order valence-electron chi connectivity index (χ2n) is 3.38. The van der Waals surface area contributed by atoms with Crippen LogP contribution in [0.3, 0.4) is 0 Å². The summed E-state index contributed by atoms with van der Waals surface area (Å²) in [4.78, 5) is 2.27. The van der Waals surface area contributed by atoms with Gasteiger partial charge < -0.3 is 10.2 Å². The fourth-order valence-corrected chi connectivity index (χ4v) is 1.50. The average Bonchev–Trinajstić information content (AvgIpc) is 1.88. The minimum atomic E-state index is 0. The number of nitrogens with zero attached hydrogens (tertiary/aromatic N) is 2. The van der Waals surface area contributed by atoms with E-state index in [0.29, 0.717) is 0 Å². The van der Waals surface area contributed by atoms with Gasteiger partial charge in [0.25, 0.3) is 0 Å². The smallest absolute Gasteiger partial charge is 0.000232 e. The fraction of sp³-hybridized carbons (Fsp3) is 1.00. The van der Waals surface area contributed by atoms with Gasteiger partial charge in [-0.2, -0.15) is 0 Å². The van der Waals surface area contributed by atoms with Gasteiger partial charge in [0.05, 0.1) is 0 Å². The second-order valence-corrected chi connectivity index (χ2v) is 3.38. The van der Waals surface area contributed by atoms with Crippen LogP contribution in [0.1, 0.15) is 12.8 Å². The zero-order chi connectivity index (χ0) is 7.40. The molecule has 1 saturated heterocycles. The molecular weight excluding hydrogens is 213 g/mol. The Morgan fingerprint density at radius 2 is 1.82 bits per heavy atom. The Morgan fingerprint density at radius 1 is 1.27 bits per heavy atom. The summed E-state index contributed by atoms with van der Waals surface area (Å²) in [6.45, 7) is 3.44. The second kappa shape index (κ2) is 6.53. The Labute approximate surface area is 95.0 Å². The molecule has 0 amide bonds. The van der Waals surface area contributed by atoms with Crippen molar-refractivity contribution >= 4 is 0 Å². The number of rotatable bonds is 2. The monoisotopic (exact) mass is 230 g/mol. The van der Waals surface area contributed by atoms with Gasteiger partial charge in [0.1, 0.15) is 0 Å². The third-order valence-electron chi connectivity index (χ3n) is 2.01. The molecule has 1 fully saturated rings. The van der Waals surface area contributed by atoms with Gasteiger partial charge >= 0.3 is 0 Å². The SMILES string of the molecule is CN(C)CC1CC[N-]CC1.[Y]. The average molecular weight is 230 g/mol. The molecule has 0 aromatic heterocycles. The van der Waals surface area contributed by atoms with Crippen LogP contribution in [0.4, 0.5) is 0 Å². The van der Waals surface area contributed by atoms with Crippen molar-refractivity contribution in [1.29, 1.82) is 0 Å². The van der Waals surface area contributed by atoms with Crippen molar-refractivity contribution < 1.29 is 32.7 Å². The summed E-state index contributed by atoms with van der Waals surface area (Å²) < 4.78 is 0. The van der Waals surface area contributed by atoms with Crippen LogP contribution in [0.15, 0.2) is 0 Å². The first-order chi connectivity index (χ1) is 4.79. The van der Waals surface area contributed by atoms with E-state index in [-0.39, 0.29) is 32.7 Å². The van der Waals surface area contributed by atoms with E-state index >= 15 is 0 Å². The molecule has 11 heavy (non-hydrogen) atoms. The van der Waals surface area contributed by atoms with Crippen LogP contribution in [0.25, 0.3) is 5.32 Å². The first-order valence-corrected chi connectivity index (χ1v) is 4.07. The Bertz CT molecular complexity index is 90.1. The van der Waals surface area contributed by atoms with E-state index in [1.54, 1.807) is 0 Å². The molecule has 0 spiro atoms. The van der Waals surface area contributed by atoms with Gasteiger partial charge in [0.15, 0.2) is 0 Å². The molecule has 0 saturated carbocycles. The summed E-state index contributed by atoms with van der Waals surface area (Å²) in [5.74, 6) is 0.910. The van der Waals surface area contributed by atoms with Crippen molar-refractivity contribution in [2.45, 2.75) is 12.8 Å². The minimum Gasteiger partial charge on any atom is -0.662 e. The Kier molecular flexibility index (Phi) is 7.14. The molecule has 0 bridgehead atoms. The van der Waals surface area contributed by atoms with E-state index in [9.17, 15) is 0 Å². The maximum absolute atomic E-state index is 4.32. The third-order valence-corrected chi connectivity index (χ3v) is 2.01. The van der Waals surface area contributed by atoms with Gasteiger partial charge in [-0.3, -0.25) is 0 Å². The molecule has 0 atom stereocenters. The molecular formula is C8H17N2Y-. The molecule has 2 nitrogen and oxygen atoms in total. The summed E-state index contributed by atoms with van der Waals surface area (Å²) in [5.41, 5.74) is 0. The maximum atomic E-state index is 4.32. The molecule has 0 aromatic rings. The fourth-order valence-electron chi connectivity index (χ4n) is 1.50. The van der Waals surface area contributed by atoms with E-state index in [2.05, 4.69) is 24.3 Å². The summed E-state index contributed by atoms with van der Waals surface area (Å²) in [6, 6.07) is 0. The molecule has 1 aliphatic heterocycles. The Morgan fingerprint density at radius 3 is 2.27 bits per heavy atom. The maximum Gasteiger partial charge on any atom is 0.000232 e. The van der Waals surface area contributed by atoms with E-state index in [0.717, 1.165) is 19.0 Å². The zero-order valence-corrected chi connectivity index (χ0v) is 10.4. The van der Waals surface area contributed by atoms with Gasteiger partial charge in [0, 0.05) is 39.3 Å². The third kappa shape index (κ3) is 5.29. The number of hydrogen-bond donors (Lipinski definition) is 0. The van der Waals surface area contributed by atoms with Crippen molar-refractivity contribution in [3.8, 4) is 0 Å². The van der Waals surface area contributed by atoms with Crippen LogP contribution < -0.4 is 0 Å². The van der Waals surface area contributed by atoms with E-state index < -0.39 is 0 Å². The molecule has 0 N–H and O–H groups in total. The standard InChI is InChI=1S/C8H17N2.Y/c1-10(2)7-8-3-5-9-6-4-8;/h8H,3-7H2,1-2H3;/q-1;. The molecule has 0 aliphatic carbocycles. The largest absolute Gasteiger partial charge is 0.662 e. The summed E-state index contributed by atoms with van der Waals surface area (Å²) in [5, 5.41) is 4.32. The van der Waals surface area contributed by atoms with Gasteiger partial charge in [-0.15, -0.1) is 13.1 Å². The molecule has 0 aromatic carbocycles. The molecule has 1 radical (unpaired) electrons. The van der Waals surface area contributed by atoms with Gasteiger partial charge in [-0.1, -0.05) is 12.8 Å². The molecule has 1 aliphatic rings. The van der Waals surface area contributed by atoms with Crippen molar-refractivity contribution in [3.63, 3.8) is 0 Å². The van der Waals surface area contributed by atoms with Crippen molar-refractivity contribution in [2.24, 2.45) is 5.92 Å². The molecule has 1 heterocycles. The van der Waals surface area contributed by atoms with Crippen LogP contribution in [-0.4, -0.2) is 38.6 Å². The van der Waals surface area contributed by atoms with Crippen LogP contribution in [0, 0.1) is 5.92 Å². The van der Waals surface area contributed by atoms with E-state index in [1.807, 2.05) is 0 Å². The Balaban J connectivity index is 0.000001000. The van der Waals surface area contributed by atoms with Gasteiger partial charge in [0.2, 0.25) is 0 Å². The predicted octanol–water partition coefficient (Wildman–Crippen LogP) is 1.33. The quantitative estimate of drug-likeness (QED) is 0.699. The van der Waals surface area contributed by atoms with Crippen LogP contribution in [-0.2, 0) is 32.7 Å². The van der Waals surface area contributed by atoms with Crippen LogP contribution >= 0.6 is 0 Å². The van der Waals surface area contributed by atoms with Crippen LogP contribution in [0.5, 0.6) is 0 Å². The predicted molar refractivity (Wildman–Crippen MR) is 44.4 cm³/mol. The summed E-state index contributed by atoms with van der Waals surface area (Å²) in [6.07, 6.45) is 2.61. The van der Waals surface area contributed by atoms with Crippen molar-refractivity contribution in [2.75, 3.05) is 33.7 Å². The molecule has 1 rings (SSSR count). The number of piperidine rings is 1. The van der Waals surface area contributed by atoms with Crippen molar-refractivity contribution in [3.05, 3.63) is 5.32 Å². The van der Waals surface area contributed by atoms with E-state index in [1.165, 1.54) is 19.4 Å². The Hall–Kier alpha value is 1.02.